The van der Waals surface area contributed by atoms with Crippen molar-refractivity contribution in [2.24, 2.45) is 5.92 Å². The summed E-state index contributed by atoms with van der Waals surface area (Å²) in [6, 6.07) is 3.37. The zero-order valence-corrected chi connectivity index (χ0v) is 16.5. The largest absolute Gasteiger partial charge is 0.356 e. The zero-order chi connectivity index (χ0) is 16.9. The van der Waals surface area contributed by atoms with Gasteiger partial charge in [0.15, 0.2) is 0 Å². The highest BCUT2D eigenvalue weighted by molar-refractivity contribution is 9.11. The Morgan fingerprint density at radius 2 is 2.04 bits per heavy atom. The van der Waals surface area contributed by atoms with Gasteiger partial charge in [-0.25, -0.2) is 8.42 Å². The fourth-order valence-corrected chi connectivity index (χ4v) is 6.29. The van der Waals surface area contributed by atoms with Gasteiger partial charge in [0, 0.05) is 25.6 Å². The second kappa shape index (κ2) is 8.60. The number of carbonyl (C=O) groups excluding carboxylic acids is 1. The summed E-state index contributed by atoms with van der Waals surface area (Å²) in [6.07, 6.45) is 4.43. The van der Waals surface area contributed by atoms with Crippen LogP contribution in [0.5, 0.6) is 0 Å². The summed E-state index contributed by atoms with van der Waals surface area (Å²) in [4.78, 5) is 12.1. The summed E-state index contributed by atoms with van der Waals surface area (Å²) < 4.78 is 27.7. The van der Waals surface area contributed by atoms with E-state index >= 15 is 0 Å². The Hall–Kier alpha value is -0.440. The first-order valence-corrected chi connectivity index (χ1v) is 11.0. The van der Waals surface area contributed by atoms with Crippen LogP contribution in [0.4, 0.5) is 0 Å². The number of unbranched alkanes of at least 4 members (excludes halogenated alkanes) is 2. The minimum atomic E-state index is -3.42. The molecular weight excluding hydrogens is 400 g/mol. The molecule has 1 saturated heterocycles. The molecule has 1 aliphatic heterocycles. The molecule has 0 atom stereocenters. The van der Waals surface area contributed by atoms with Gasteiger partial charge in [-0.1, -0.05) is 19.8 Å². The van der Waals surface area contributed by atoms with Crippen LogP contribution in [0.1, 0.15) is 39.0 Å². The van der Waals surface area contributed by atoms with E-state index in [9.17, 15) is 13.2 Å². The van der Waals surface area contributed by atoms with Crippen molar-refractivity contribution >= 4 is 43.2 Å². The normalized spacial score (nSPS) is 17.3. The van der Waals surface area contributed by atoms with Crippen LogP contribution in [-0.4, -0.2) is 38.3 Å². The molecule has 0 aliphatic carbocycles. The van der Waals surface area contributed by atoms with Crippen LogP contribution in [0.2, 0.25) is 0 Å². The molecule has 0 spiro atoms. The Kier molecular flexibility index (Phi) is 7.06. The fraction of sp³-hybridized carbons (Fsp3) is 0.667. The highest BCUT2D eigenvalue weighted by Gasteiger charge is 2.32. The molecule has 2 heterocycles. The van der Waals surface area contributed by atoms with Gasteiger partial charge in [0.05, 0.1) is 3.79 Å². The van der Waals surface area contributed by atoms with Crippen LogP contribution in [-0.2, 0) is 14.8 Å². The molecule has 5 nitrogen and oxygen atoms in total. The zero-order valence-electron chi connectivity index (χ0n) is 13.3. The SMILES string of the molecule is CCCCCNC(=O)C1CCN(S(=O)(=O)c2ccc(Br)s2)CC1. The number of thiophene rings is 1. The van der Waals surface area contributed by atoms with Gasteiger partial charge in [-0.05, 0) is 47.3 Å². The van der Waals surface area contributed by atoms with Gasteiger partial charge in [0.2, 0.25) is 5.91 Å². The Morgan fingerprint density at radius 1 is 1.35 bits per heavy atom. The molecule has 1 aromatic rings. The number of hydrogen-bond donors (Lipinski definition) is 1. The summed E-state index contributed by atoms with van der Waals surface area (Å²) in [5, 5.41) is 2.96. The molecule has 0 bridgehead atoms. The molecule has 23 heavy (non-hydrogen) atoms. The predicted octanol–water partition coefficient (Wildman–Crippen LogP) is 3.22. The minimum absolute atomic E-state index is 0.0667. The van der Waals surface area contributed by atoms with Crippen LogP contribution in [0.3, 0.4) is 0 Å². The molecule has 0 aromatic carbocycles. The van der Waals surface area contributed by atoms with Gasteiger partial charge in [0.25, 0.3) is 10.0 Å². The van der Waals surface area contributed by atoms with Crippen molar-refractivity contribution < 1.29 is 13.2 Å². The maximum absolute atomic E-state index is 12.5. The fourth-order valence-electron chi connectivity index (χ4n) is 2.65. The van der Waals surface area contributed by atoms with Crippen LogP contribution >= 0.6 is 27.3 Å². The number of hydrogen-bond acceptors (Lipinski definition) is 4. The lowest BCUT2D eigenvalue weighted by molar-refractivity contribution is -0.126. The Balaban J connectivity index is 1.85. The molecule has 0 radical (unpaired) electrons. The number of rotatable bonds is 7. The van der Waals surface area contributed by atoms with Gasteiger partial charge >= 0.3 is 0 Å². The van der Waals surface area contributed by atoms with Crippen molar-refractivity contribution in [2.75, 3.05) is 19.6 Å². The first-order valence-electron chi connectivity index (χ1n) is 7.98. The van der Waals surface area contributed by atoms with Crippen LogP contribution < -0.4 is 5.32 Å². The van der Waals surface area contributed by atoms with Gasteiger partial charge < -0.3 is 5.32 Å². The number of piperidine rings is 1. The standard InChI is InChI=1S/C15H23BrN2O3S2/c1-2-3-4-9-17-15(19)12-7-10-18(11-8-12)23(20,21)14-6-5-13(16)22-14/h5-6,12H,2-4,7-11H2,1H3,(H,17,19). The number of sulfonamides is 1. The molecule has 1 aliphatic rings. The summed E-state index contributed by atoms with van der Waals surface area (Å²) in [5.41, 5.74) is 0. The van der Waals surface area contributed by atoms with Crippen molar-refractivity contribution in [1.82, 2.24) is 9.62 Å². The number of carbonyl (C=O) groups is 1. The summed E-state index contributed by atoms with van der Waals surface area (Å²) in [6.45, 7) is 3.66. The first-order chi connectivity index (χ1) is 10.9. The molecule has 2 rings (SSSR count). The summed E-state index contributed by atoms with van der Waals surface area (Å²) >= 11 is 4.51. The lowest BCUT2D eigenvalue weighted by atomic mass is 9.97. The van der Waals surface area contributed by atoms with Gasteiger partial charge in [-0.3, -0.25) is 4.79 Å². The molecule has 1 fully saturated rings. The molecule has 0 saturated carbocycles. The van der Waals surface area contributed by atoms with Crippen molar-refractivity contribution in [1.29, 1.82) is 0 Å². The summed E-state index contributed by atoms with van der Waals surface area (Å²) in [7, 11) is -3.42. The minimum Gasteiger partial charge on any atom is -0.356 e. The number of nitrogens with zero attached hydrogens (tertiary/aromatic N) is 1. The van der Waals surface area contributed by atoms with Crippen molar-refractivity contribution in [3.8, 4) is 0 Å². The Morgan fingerprint density at radius 3 is 2.61 bits per heavy atom. The van der Waals surface area contributed by atoms with E-state index in [0.717, 1.165) is 23.0 Å². The van der Waals surface area contributed by atoms with E-state index < -0.39 is 10.0 Å². The van der Waals surface area contributed by atoms with Gasteiger partial charge in [-0.2, -0.15) is 4.31 Å². The first kappa shape index (κ1) is 18.9. The average molecular weight is 423 g/mol. The quantitative estimate of drug-likeness (QED) is 0.685. The molecule has 130 valence electrons. The van der Waals surface area contributed by atoms with Gasteiger partial charge in [0.1, 0.15) is 4.21 Å². The highest BCUT2D eigenvalue weighted by atomic mass is 79.9. The number of nitrogens with one attached hydrogen (secondary N) is 1. The third kappa shape index (κ3) is 5.01. The molecule has 1 aromatic heterocycles. The van der Waals surface area contributed by atoms with E-state index in [1.165, 1.54) is 15.6 Å². The maximum Gasteiger partial charge on any atom is 0.252 e. The number of halogens is 1. The third-order valence-electron chi connectivity index (χ3n) is 4.05. The highest BCUT2D eigenvalue weighted by Crippen LogP contribution is 2.30. The van der Waals surface area contributed by atoms with Crippen LogP contribution in [0.25, 0.3) is 0 Å². The topological polar surface area (TPSA) is 66.5 Å². The van der Waals surface area contributed by atoms with Crippen molar-refractivity contribution in [3.63, 3.8) is 0 Å². The van der Waals surface area contributed by atoms with Crippen LogP contribution in [0, 0.1) is 5.92 Å². The molecular formula is C15H23BrN2O3S2. The number of amides is 1. The van der Waals surface area contributed by atoms with E-state index in [1.54, 1.807) is 12.1 Å². The lowest BCUT2D eigenvalue weighted by Crippen LogP contribution is -2.43. The molecule has 0 unspecified atom stereocenters. The van der Waals surface area contributed by atoms with E-state index in [0.29, 0.717) is 36.7 Å². The predicted molar refractivity (Wildman–Crippen MR) is 96.0 cm³/mol. The second-order valence-electron chi connectivity index (χ2n) is 5.74. The van der Waals surface area contributed by atoms with Crippen molar-refractivity contribution in [2.45, 2.75) is 43.2 Å². The maximum atomic E-state index is 12.5. The average Bonchev–Trinajstić information content (AvgIpc) is 2.99. The summed E-state index contributed by atoms with van der Waals surface area (Å²) in [5.74, 6) is -0.00447. The van der Waals surface area contributed by atoms with Crippen molar-refractivity contribution in [3.05, 3.63) is 15.9 Å². The van der Waals surface area contributed by atoms with Crippen LogP contribution in [0.15, 0.2) is 20.1 Å². The van der Waals surface area contributed by atoms with E-state index in [1.807, 2.05) is 0 Å². The second-order valence-corrected chi connectivity index (χ2v) is 10.4. The molecule has 1 amide bonds. The lowest BCUT2D eigenvalue weighted by Gasteiger charge is -2.30. The monoisotopic (exact) mass is 422 g/mol. The van der Waals surface area contributed by atoms with E-state index in [2.05, 4.69) is 28.2 Å². The Labute approximate surface area is 150 Å². The van der Waals surface area contributed by atoms with E-state index in [-0.39, 0.29) is 11.8 Å². The van der Waals surface area contributed by atoms with Gasteiger partial charge in [-0.15, -0.1) is 11.3 Å². The molecule has 1 N–H and O–H groups in total. The Bertz CT molecular complexity index is 622. The smallest absolute Gasteiger partial charge is 0.252 e. The van der Waals surface area contributed by atoms with E-state index in [4.69, 9.17) is 0 Å². The molecule has 8 heteroatoms. The third-order valence-corrected chi connectivity index (χ3v) is 8.04.